The van der Waals surface area contributed by atoms with E-state index >= 15 is 0 Å². The van der Waals surface area contributed by atoms with Crippen molar-refractivity contribution in [3.63, 3.8) is 0 Å². The molecule has 1 saturated carbocycles. The second kappa shape index (κ2) is 16.2. The highest BCUT2D eigenvalue weighted by molar-refractivity contribution is 5.96. The first-order chi connectivity index (χ1) is 24.9. The van der Waals surface area contributed by atoms with Crippen LogP contribution in [0.4, 0.5) is 4.39 Å². The predicted octanol–water partition coefficient (Wildman–Crippen LogP) is 5.86. The van der Waals surface area contributed by atoms with Gasteiger partial charge in [-0.05, 0) is 119 Å². The molecule has 4 heterocycles. The van der Waals surface area contributed by atoms with E-state index in [0.717, 1.165) is 94.3 Å². The summed E-state index contributed by atoms with van der Waals surface area (Å²) in [6.45, 7) is 6.47. The molecule has 2 aromatic heterocycles. The van der Waals surface area contributed by atoms with E-state index in [1.54, 1.807) is 6.07 Å². The molecule has 51 heavy (non-hydrogen) atoms. The summed E-state index contributed by atoms with van der Waals surface area (Å²) in [7, 11) is 2.20. The number of hydrogen-bond donors (Lipinski definition) is 2. The first kappa shape index (κ1) is 34.8. The van der Waals surface area contributed by atoms with Crippen LogP contribution in [0, 0.1) is 5.82 Å². The maximum absolute atomic E-state index is 14.4. The highest BCUT2D eigenvalue weighted by Gasteiger charge is 2.27. The minimum atomic E-state index is -0.614. The van der Waals surface area contributed by atoms with E-state index < -0.39 is 11.7 Å². The predicted molar refractivity (Wildman–Crippen MR) is 195 cm³/mol. The summed E-state index contributed by atoms with van der Waals surface area (Å²) in [6, 6.07) is 19.2. The molecule has 4 aromatic rings. The molecule has 2 fully saturated rings. The maximum Gasteiger partial charge on any atom is 0.272 e. The second-order valence-electron chi connectivity index (χ2n) is 14.3. The molecule has 0 bridgehead atoms. The van der Waals surface area contributed by atoms with Crippen molar-refractivity contribution in [2.24, 2.45) is 0 Å². The van der Waals surface area contributed by atoms with Gasteiger partial charge in [0.05, 0.1) is 6.20 Å². The summed E-state index contributed by atoms with van der Waals surface area (Å²) >= 11 is 0. The lowest BCUT2D eigenvalue weighted by Gasteiger charge is -2.29. The number of nitrogens with zero attached hydrogens (tertiary/aromatic N) is 5. The number of carbonyl (C=O) groups is 2. The normalized spacial score (nSPS) is 19.9. The van der Waals surface area contributed by atoms with Crippen molar-refractivity contribution in [2.45, 2.75) is 76.4 Å². The number of halogens is 1. The number of aryl methyl sites for hydroxylation is 2. The highest BCUT2D eigenvalue weighted by atomic mass is 19.1. The van der Waals surface area contributed by atoms with Gasteiger partial charge < -0.3 is 25.2 Å². The van der Waals surface area contributed by atoms with E-state index in [9.17, 15) is 14.0 Å². The van der Waals surface area contributed by atoms with Crippen molar-refractivity contribution in [3.8, 4) is 22.8 Å². The van der Waals surface area contributed by atoms with Gasteiger partial charge in [-0.2, -0.15) is 5.10 Å². The summed E-state index contributed by atoms with van der Waals surface area (Å²) in [5, 5.41) is 10.7. The average Bonchev–Trinajstić information content (AvgIpc) is 3.48. The first-order valence-corrected chi connectivity index (χ1v) is 18.5. The van der Waals surface area contributed by atoms with Crippen molar-refractivity contribution in [2.75, 3.05) is 39.8 Å². The van der Waals surface area contributed by atoms with Crippen molar-refractivity contribution >= 4 is 11.8 Å². The number of nitrogens with one attached hydrogen (secondary N) is 2. The fraction of sp³-hybridized carbons (Fsp3) is 0.450. The summed E-state index contributed by atoms with van der Waals surface area (Å²) < 4.78 is 22.4. The Balaban J connectivity index is 0.928. The largest absolute Gasteiger partial charge is 0.438 e. The van der Waals surface area contributed by atoms with Crippen LogP contribution in [-0.2, 0) is 19.4 Å². The van der Waals surface area contributed by atoms with Crippen LogP contribution in [0.2, 0.25) is 0 Å². The zero-order chi connectivity index (χ0) is 35.2. The van der Waals surface area contributed by atoms with Crippen molar-refractivity contribution in [3.05, 3.63) is 95.2 Å². The minimum absolute atomic E-state index is 0.00861. The molecule has 7 rings (SSSR count). The number of likely N-dealkylation sites (N-methyl/N-ethyl adjacent to an activating group) is 1. The molecule has 3 aliphatic rings. The van der Waals surface area contributed by atoms with Crippen LogP contribution < -0.4 is 15.4 Å². The quantitative estimate of drug-likeness (QED) is 0.214. The van der Waals surface area contributed by atoms with E-state index in [-0.39, 0.29) is 29.4 Å². The number of amides is 2. The van der Waals surface area contributed by atoms with Gasteiger partial charge in [0.1, 0.15) is 22.8 Å². The van der Waals surface area contributed by atoms with Gasteiger partial charge in [-0.25, -0.2) is 9.37 Å². The maximum atomic E-state index is 14.4. The number of ether oxygens (including phenoxy) is 1. The molecular formula is C40H48FN7O3. The van der Waals surface area contributed by atoms with Gasteiger partial charge in [-0.1, -0.05) is 36.4 Å². The fourth-order valence-electron chi connectivity index (χ4n) is 7.43. The average molecular weight is 694 g/mol. The lowest BCUT2D eigenvalue weighted by atomic mass is 9.91. The molecule has 1 aliphatic carbocycles. The number of rotatable bonds is 10. The van der Waals surface area contributed by atoms with Gasteiger partial charge in [0.15, 0.2) is 0 Å². The molecule has 2 N–H and O–H groups in total. The molecule has 2 aromatic carbocycles. The number of aromatic nitrogens is 3. The summed E-state index contributed by atoms with van der Waals surface area (Å²) in [5.74, 6) is -0.649. The Kier molecular flexibility index (Phi) is 11.0. The van der Waals surface area contributed by atoms with Crippen LogP contribution in [0.25, 0.3) is 11.1 Å². The standard InChI is InChI=1S/C40H48FN7O3/c1-46-18-5-19-47(23-22-46)21-17-28-9-11-29(12-10-28)30-6-4-8-35(24-30)51-40-36(25-31(41)27-42-40)38(49)43-32-13-15-33(16-14-32)44-39(50)37-26-34-7-2-3-20-48(34)45-37/h4,6,8-12,24-27,32-33H,2-3,5,7,13-23H2,1H3,(H,43,49)(H,44,50)/t32-,33+. The molecule has 2 aliphatic heterocycles. The number of benzene rings is 2. The second-order valence-corrected chi connectivity index (χ2v) is 14.3. The van der Waals surface area contributed by atoms with Gasteiger partial charge in [0.25, 0.3) is 11.8 Å². The Morgan fingerprint density at radius 1 is 0.843 bits per heavy atom. The van der Waals surface area contributed by atoms with Gasteiger partial charge in [0, 0.05) is 44.0 Å². The van der Waals surface area contributed by atoms with Gasteiger partial charge in [-0.15, -0.1) is 0 Å². The number of hydrogen-bond acceptors (Lipinski definition) is 7. The van der Waals surface area contributed by atoms with Crippen molar-refractivity contribution in [1.29, 1.82) is 0 Å². The van der Waals surface area contributed by atoms with Crippen LogP contribution >= 0.6 is 0 Å². The minimum Gasteiger partial charge on any atom is -0.438 e. The molecule has 268 valence electrons. The number of pyridine rings is 1. The lowest BCUT2D eigenvalue weighted by Crippen LogP contribution is -2.44. The molecule has 1 saturated heterocycles. The zero-order valence-corrected chi connectivity index (χ0v) is 29.5. The highest BCUT2D eigenvalue weighted by Crippen LogP contribution is 2.29. The molecule has 10 nitrogen and oxygen atoms in total. The lowest BCUT2D eigenvalue weighted by molar-refractivity contribution is 0.0887. The Morgan fingerprint density at radius 2 is 1.63 bits per heavy atom. The number of fused-ring (bicyclic) bond motifs is 1. The van der Waals surface area contributed by atoms with E-state index in [2.05, 4.69) is 61.8 Å². The smallest absolute Gasteiger partial charge is 0.272 e. The fourth-order valence-corrected chi connectivity index (χ4v) is 7.43. The molecular weight excluding hydrogens is 645 g/mol. The topological polar surface area (TPSA) is 105 Å². The molecule has 0 unspecified atom stereocenters. The van der Waals surface area contributed by atoms with E-state index in [0.29, 0.717) is 24.3 Å². The molecule has 2 amide bonds. The Bertz CT molecular complexity index is 1800. The molecule has 0 radical (unpaired) electrons. The van der Waals surface area contributed by atoms with Crippen molar-refractivity contribution in [1.82, 2.24) is 35.2 Å². The number of carbonyl (C=O) groups excluding carboxylic acids is 2. The van der Waals surface area contributed by atoms with E-state index in [1.807, 2.05) is 28.9 Å². The van der Waals surface area contributed by atoms with Crippen LogP contribution in [-0.4, -0.2) is 88.2 Å². The van der Waals surface area contributed by atoms with Crippen LogP contribution in [0.1, 0.15) is 77.0 Å². The van der Waals surface area contributed by atoms with Crippen molar-refractivity contribution < 1.29 is 18.7 Å². The summed E-state index contributed by atoms with van der Waals surface area (Å²) in [5.41, 5.74) is 4.97. The Morgan fingerprint density at radius 3 is 2.41 bits per heavy atom. The van der Waals surface area contributed by atoms with Gasteiger partial charge in [-0.3, -0.25) is 14.3 Å². The molecule has 11 heteroatoms. The zero-order valence-electron chi connectivity index (χ0n) is 29.5. The Labute approximate surface area is 299 Å². The first-order valence-electron chi connectivity index (χ1n) is 18.5. The monoisotopic (exact) mass is 693 g/mol. The van der Waals surface area contributed by atoms with Crippen LogP contribution in [0.15, 0.2) is 66.9 Å². The van der Waals surface area contributed by atoms with Gasteiger partial charge >= 0.3 is 0 Å². The van der Waals surface area contributed by atoms with E-state index in [1.165, 1.54) is 24.6 Å². The summed E-state index contributed by atoms with van der Waals surface area (Å²) in [4.78, 5) is 35.4. The van der Waals surface area contributed by atoms with Crippen LogP contribution in [0.3, 0.4) is 0 Å². The molecule has 0 spiro atoms. The Hall–Kier alpha value is -4.61. The summed E-state index contributed by atoms with van der Waals surface area (Å²) in [6.07, 6.45) is 9.27. The third-order valence-electron chi connectivity index (χ3n) is 10.5. The third-order valence-corrected chi connectivity index (χ3v) is 10.5. The third kappa shape index (κ3) is 9.01. The van der Waals surface area contributed by atoms with E-state index in [4.69, 9.17) is 4.74 Å². The SMILES string of the molecule is CN1CCCN(CCc2ccc(-c3cccc(Oc4ncc(F)cc4C(=O)N[C@H]4CC[C@@H](NC(=O)c5cc6n(n5)CCCC6)CC4)c3)cc2)CC1. The van der Waals surface area contributed by atoms with Gasteiger partial charge in [0.2, 0.25) is 5.88 Å². The van der Waals surface area contributed by atoms with Crippen LogP contribution in [0.5, 0.6) is 11.6 Å². The molecule has 0 atom stereocenters.